The minimum absolute atomic E-state index is 0.933. The number of thiophene rings is 1. The molecule has 1 rings (SSSR count). The van der Waals surface area contributed by atoms with Crippen LogP contribution in [0.2, 0.25) is 0 Å². The summed E-state index contributed by atoms with van der Waals surface area (Å²) in [6, 6.07) is 1.98. The molecule has 9 heavy (non-hydrogen) atoms. The molecule has 1 nitrogen and oxygen atoms in total. The van der Waals surface area contributed by atoms with E-state index < -0.39 is 0 Å². The first-order valence-electron chi connectivity index (χ1n) is 2.46. The number of rotatable bonds is 1. The van der Waals surface area contributed by atoms with Crippen LogP contribution in [-0.4, -0.2) is 5.16 Å². The van der Waals surface area contributed by atoms with Gasteiger partial charge in [0.1, 0.15) is 5.00 Å². The van der Waals surface area contributed by atoms with Gasteiger partial charge in [-0.3, -0.25) is 0 Å². The quantitative estimate of drug-likeness (QED) is 0.448. The van der Waals surface area contributed by atoms with E-state index in [1.807, 2.05) is 18.4 Å². The molecule has 0 unspecified atom stereocenters. The number of aryl methyl sites for hydroxylation is 1. The van der Waals surface area contributed by atoms with Crippen molar-refractivity contribution < 1.29 is 0 Å². The third-order valence-corrected chi connectivity index (χ3v) is 1.90. The van der Waals surface area contributed by atoms with Crippen LogP contribution in [0.4, 0.5) is 5.00 Å². The lowest BCUT2D eigenvalue weighted by atomic mass is 10.4. The molecule has 0 amide bonds. The molecule has 0 aliphatic carbocycles. The molecule has 0 spiro atoms. The summed E-state index contributed by atoms with van der Waals surface area (Å²) in [7, 11) is 0. The zero-order chi connectivity index (χ0) is 6.69. The SMILES string of the molecule is Cc1csc(N=C=S)c1. The van der Waals surface area contributed by atoms with E-state index in [0.29, 0.717) is 0 Å². The van der Waals surface area contributed by atoms with Gasteiger partial charge in [0.25, 0.3) is 0 Å². The largest absolute Gasteiger partial charge is 0.184 e. The maximum absolute atomic E-state index is 4.43. The van der Waals surface area contributed by atoms with Gasteiger partial charge >= 0.3 is 0 Å². The zero-order valence-corrected chi connectivity index (χ0v) is 6.55. The molecule has 1 aromatic heterocycles. The molecule has 0 aliphatic rings. The van der Waals surface area contributed by atoms with Crippen LogP contribution in [0.5, 0.6) is 0 Å². The number of aliphatic imine (C=N–C) groups is 1. The van der Waals surface area contributed by atoms with Crippen molar-refractivity contribution in [2.24, 2.45) is 4.99 Å². The summed E-state index contributed by atoms with van der Waals surface area (Å²) in [5, 5.41) is 5.28. The van der Waals surface area contributed by atoms with Crippen molar-refractivity contribution >= 4 is 33.7 Å². The predicted molar refractivity (Wildman–Crippen MR) is 43.7 cm³/mol. The lowest BCUT2D eigenvalue weighted by Crippen LogP contribution is -1.51. The van der Waals surface area contributed by atoms with E-state index in [0.717, 1.165) is 5.00 Å². The molecule has 0 saturated carbocycles. The van der Waals surface area contributed by atoms with Crippen LogP contribution >= 0.6 is 23.6 Å². The topological polar surface area (TPSA) is 12.4 Å². The van der Waals surface area contributed by atoms with E-state index in [1.165, 1.54) is 5.56 Å². The number of hydrogen-bond donors (Lipinski definition) is 0. The van der Waals surface area contributed by atoms with Gasteiger partial charge in [0, 0.05) is 0 Å². The van der Waals surface area contributed by atoms with Crippen molar-refractivity contribution in [3.05, 3.63) is 17.0 Å². The van der Waals surface area contributed by atoms with E-state index in [2.05, 4.69) is 22.4 Å². The van der Waals surface area contributed by atoms with Gasteiger partial charge in [-0.1, -0.05) is 0 Å². The molecule has 3 heteroatoms. The molecule has 1 aromatic rings. The molecular weight excluding hydrogens is 150 g/mol. The fourth-order valence-electron chi connectivity index (χ4n) is 0.520. The first kappa shape index (κ1) is 6.62. The highest BCUT2D eigenvalue weighted by Crippen LogP contribution is 2.21. The van der Waals surface area contributed by atoms with Gasteiger partial charge in [0.2, 0.25) is 0 Å². The Morgan fingerprint density at radius 1 is 1.78 bits per heavy atom. The minimum atomic E-state index is 0.933. The summed E-state index contributed by atoms with van der Waals surface area (Å²) in [6.45, 7) is 2.03. The van der Waals surface area contributed by atoms with Crippen molar-refractivity contribution in [2.45, 2.75) is 6.92 Å². The third kappa shape index (κ3) is 1.72. The van der Waals surface area contributed by atoms with Gasteiger partial charge in [0.05, 0.1) is 5.16 Å². The Morgan fingerprint density at radius 2 is 2.56 bits per heavy atom. The molecule has 0 N–H and O–H groups in total. The lowest BCUT2D eigenvalue weighted by molar-refractivity contribution is 1.54. The van der Waals surface area contributed by atoms with Crippen LogP contribution < -0.4 is 0 Å². The second-order valence-electron chi connectivity index (χ2n) is 1.67. The second-order valence-corrected chi connectivity index (χ2v) is 2.74. The Balaban J connectivity index is 2.97. The second kappa shape index (κ2) is 2.87. The Bertz CT molecular complexity index is 245. The van der Waals surface area contributed by atoms with E-state index in [9.17, 15) is 0 Å². The van der Waals surface area contributed by atoms with Crippen molar-refractivity contribution in [2.75, 3.05) is 0 Å². The van der Waals surface area contributed by atoms with Gasteiger partial charge in [-0.25, -0.2) is 0 Å². The molecule has 1 heterocycles. The van der Waals surface area contributed by atoms with Crippen molar-refractivity contribution in [1.29, 1.82) is 0 Å². The zero-order valence-electron chi connectivity index (χ0n) is 4.92. The summed E-state index contributed by atoms with van der Waals surface area (Å²) in [6.07, 6.45) is 0. The average molecular weight is 155 g/mol. The van der Waals surface area contributed by atoms with Gasteiger partial charge in [-0.15, -0.1) is 11.3 Å². The third-order valence-electron chi connectivity index (χ3n) is 0.873. The van der Waals surface area contributed by atoms with Gasteiger partial charge in [0.15, 0.2) is 0 Å². The Hall–Kier alpha value is -0.500. The predicted octanol–water partition coefficient (Wildman–Crippen LogP) is 2.79. The van der Waals surface area contributed by atoms with E-state index in [4.69, 9.17) is 0 Å². The highest BCUT2D eigenvalue weighted by atomic mass is 32.1. The lowest BCUT2D eigenvalue weighted by Gasteiger charge is -1.73. The number of hydrogen-bond acceptors (Lipinski definition) is 3. The molecule has 0 fully saturated rings. The fraction of sp³-hybridized carbons (Fsp3) is 0.167. The van der Waals surface area contributed by atoms with E-state index in [1.54, 1.807) is 11.3 Å². The molecule has 0 saturated heterocycles. The molecule has 0 aliphatic heterocycles. The van der Waals surface area contributed by atoms with Crippen LogP contribution in [-0.2, 0) is 0 Å². The molecule has 0 bridgehead atoms. The van der Waals surface area contributed by atoms with Gasteiger partial charge < -0.3 is 0 Å². The van der Waals surface area contributed by atoms with Gasteiger partial charge in [-0.05, 0) is 36.2 Å². The first-order valence-corrected chi connectivity index (χ1v) is 3.75. The standard InChI is InChI=1S/C6H5NS2/c1-5-2-6(7-4-8)9-3-5/h2-3H,1H3. The summed E-state index contributed by atoms with van der Waals surface area (Å²) < 4.78 is 0. The smallest absolute Gasteiger partial charge is 0.127 e. The monoisotopic (exact) mass is 155 g/mol. The van der Waals surface area contributed by atoms with Crippen LogP contribution in [0, 0.1) is 6.92 Å². The maximum atomic E-state index is 4.43. The molecule has 0 radical (unpaired) electrons. The van der Waals surface area contributed by atoms with Crippen LogP contribution in [0.25, 0.3) is 0 Å². The number of isothiocyanates is 1. The fourth-order valence-corrected chi connectivity index (χ4v) is 1.40. The van der Waals surface area contributed by atoms with Gasteiger partial charge in [-0.2, -0.15) is 4.99 Å². The Kier molecular flexibility index (Phi) is 2.11. The van der Waals surface area contributed by atoms with Crippen molar-refractivity contribution in [3.63, 3.8) is 0 Å². The molecule has 0 atom stereocenters. The van der Waals surface area contributed by atoms with Crippen molar-refractivity contribution in [3.8, 4) is 0 Å². The molecule has 0 aromatic carbocycles. The van der Waals surface area contributed by atoms with E-state index >= 15 is 0 Å². The number of thiocarbonyl (C=S) groups is 1. The number of nitrogens with zero attached hydrogens (tertiary/aromatic N) is 1. The highest BCUT2D eigenvalue weighted by molar-refractivity contribution is 7.78. The minimum Gasteiger partial charge on any atom is -0.184 e. The summed E-state index contributed by atoms with van der Waals surface area (Å²) in [4.78, 5) is 3.81. The Labute approximate surface area is 63.1 Å². The normalized spacial score (nSPS) is 8.56. The van der Waals surface area contributed by atoms with E-state index in [-0.39, 0.29) is 0 Å². The summed E-state index contributed by atoms with van der Waals surface area (Å²) in [5.41, 5.74) is 1.23. The highest BCUT2D eigenvalue weighted by Gasteiger charge is 1.89. The maximum Gasteiger partial charge on any atom is 0.127 e. The van der Waals surface area contributed by atoms with Crippen molar-refractivity contribution in [1.82, 2.24) is 0 Å². The van der Waals surface area contributed by atoms with Crippen LogP contribution in [0.3, 0.4) is 0 Å². The Morgan fingerprint density at radius 3 is 3.00 bits per heavy atom. The summed E-state index contributed by atoms with van der Waals surface area (Å²) >= 11 is 6.01. The van der Waals surface area contributed by atoms with Crippen LogP contribution in [0.15, 0.2) is 16.4 Å². The average Bonchev–Trinajstić information content (AvgIpc) is 2.17. The summed E-state index contributed by atoms with van der Waals surface area (Å²) in [5.74, 6) is 0. The van der Waals surface area contributed by atoms with Crippen LogP contribution in [0.1, 0.15) is 5.56 Å². The molecular formula is C6H5NS2. The first-order chi connectivity index (χ1) is 4.33. The molecule has 46 valence electrons.